The third-order valence-electron chi connectivity index (χ3n) is 4.08. The first-order valence-corrected chi connectivity index (χ1v) is 10.2. The highest BCUT2D eigenvalue weighted by Gasteiger charge is 2.18. The predicted octanol–water partition coefficient (Wildman–Crippen LogP) is 5.90. The van der Waals surface area contributed by atoms with Crippen LogP contribution in [0, 0.1) is 6.92 Å². The lowest BCUT2D eigenvalue weighted by molar-refractivity contribution is 0.0602. The van der Waals surface area contributed by atoms with Crippen molar-refractivity contribution in [2.45, 2.75) is 13.3 Å². The molecule has 28 heavy (non-hydrogen) atoms. The molecule has 0 atom stereocenters. The zero-order valence-electron chi connectivity index (χ0n) is 15.4. The number of nitrogens with one attached hydrogen (secondary N) is 2. The third kappa shape index (κ3) is 5.10. The van der Waals surface area contributed by atoms with E-state index in [9.17, 15) is 4.79 Å². The molecule has 0 aliphatic rings. The molecule has 0 spiro atoms. The van der Waals surface area contributed by atoms with E-state index in [1.54, 1.807) is 6.07 Å². The van der Waals surface area contributed by atoms with Gasteiger partial charge in [-0.1, -0.05) is 48.0 Å². The summed E-state index contributed by atoms with van der Waals surface area (Å²) in [6.07, 6.45) is 0.727. The monoisotopic (exact) mass is 430 g/mol. The molecule has 0 radical (unpaired) electrons. The number of rotatable bonds is 5. The number of halogens is 1. The largest absolute Gasteiger partial charge is 0.465 e. The van der Waals surface area contributed by atoms with Gasteiger partial charge in [0.2, 0.25) is 0 Å². The first kappa shape index (κ1) is 20.3. The van der Waals surface area contributed by atoms with E-state index >= 15 is 0 Å². The van der Waals surface area contributed by atoms with E-state index in [1.807, 2.05) is 43.3 Å². The SMILES string of the molecule is COC(=O)c1cc(Cc2ccccc2)sc1NC(=S)Nc1cc(Cl)ccc1C. The number of anilines is 2. The smallest absolute Gasteiger partial charge is 0.340 e. The lowest BCUT2D eigenvalue weighted by Gasteiger charge is -2.12. The Hall–Kier alpha value is -2.41. The summed E-state index contributed by atoms with van der Waals surface area (Å²) in [7, 11) is 1.37. The molecule has 1 aromatic heterocycles. The number of thiocarbonyl (C=S) groups is 1. The molecule has 1 heterocycles. The van der Waals surface area contributed by atoms with Gasteiger partial charge in [-0.05, 0) is 48.5 Å². The van der Waals surface area contributed by atoms with Gasteiger partial charge in [-0.2, -0.15) is 0 Å². The van der Waals surface area contributed by atoms with Crippen LogP contribution < -0.4 is 10.6 Å². The number of thiophene rings is 1. The molecule has 0 bridgehead atoms. The second kappa shape index (κ2) is 9.19. The highest BCUT2D eigenvalue weighted by molar-refractivity contribution is 7.80. The molecule has 0 saturated heterocycles. The molecule has 144 valence electrons. The van der Waals surface area contributed by atoms with Crippen LogP contribution in [0.5, 0.6) is 0 Å². The van der Waals surface area contributed by atoms with E-state index in [2.05, 4.69) is 22.8 Å². The average molecular weight is 431 g/mol. The lowest BCUT2D eigenvalue weighted by atomic mass is 10.1. The number of esters is 1. The Morgan fingerprint density at radius 1 is 1.14 bits per heavy atom. The van der Waals surface area contributed by atoms with Gasteiger partial charge in [0.25, 0.3) is 0 Å². The van der Waals surface area contributed by atoms with Gasteiger partial charge in [0.05, 0.1) is 12.7 Å². The highest BCUT2D eigenvalue weighted by Crippen LogP contribution is 2.31. The van der Waals surface area contributed by atoms with Gasteiger partial charge in [0, 0.05) is 22.0 Å². The maximum absolute atomic E-state index is 12.2. The number of ether oxygens (including phenoxy) is 1. The maximum atomic E-state index is 12.2. The number of carbonyl (C=O) groups is 1. The van der Waals surface area contributed by atoms with Crippen LogP contribution in [-0.2, 0) is 11.2 Å². The summed E-state index contributed by atoms with van der Waals surface area (Å²) in [6.45, 7) is 1.96. The van der Waals surface area contributed by atoms with E-state index in [-0.39, 0.29) is 0 Å². The average Bonchev–Trinajstić information content (AvgIpc) is 3.06. The van der Waals surface area contributed by atoms with Crippen LogP contribution in [0.3, 0.4) is 0 Å². The van der Waals surface area contributed by atoms with Crippen LogP contribution in [0.1, 0.15) is 26.4 Å². The Balaban J connectivity index is 1.80. The van der Waals surface area contributed by atoms with Gasteiger partial charge in [0.15, 0.2) is 5.11 Å². The first-order valence-electron chi connectivity index (χ1n) is 8.55. The molecule has 3 aromatic rings. The van der Waals surface area contributed by atoms with Crippen LogP contribution in [0.4, 0.5) is 10.7 Å². The fourth-order valence-electron chi connectivity index (χ4n) is 2.67. The summed E-state index contributed by atoms with van der Waals surface area (Å²) in [4.78, 5) is 13.2. The molecule has 3 rings (SSSR count). The van der Waals surface area contributed by atoms with Crippen molar-refractivity contribution in [1.82, 2.24) is 0 Å². The van der Waals surface area contributed by atoms with Gasteiger partial charge in [-0.15, -0.1) is 11.3 Å². The standard InChI is InChI=1S/C21H19ClN2O2S2/c1-13-8-9-15(22)11-18(13)23-21(27)24-19-17(20(25)26-2)12-16(28-19)10-14-6-4-3-5-7-14/h3-9,11-12H,10H2,1-2H3,(H2,23,24,27). The van der Waals surface area contributed by atoms with E-state index < -0.39 is 5.97 Å². The van der Waals surface area contributed by atoms with Gasteiger partial charge in [-0.25, -0.2) is 4.79 Å². The van der Waals surface area contributed by atoms with E-state index in [1.165, 1.54) is 24.0 Å². The maximum Gasteiger partial charge on any atom is 0.340 e. The molecule has 7 heteroatoms. The normalized spacial score (nSPS) is 10.4. The van der Waals surface area contributed by atoms with Crippen LogP contribution in [0.15, 0.2) is 54.6 Å². The molecule has 0 saturated carbocycles. The third-order valence-corrected chi connectivity index (χ3v) is 5.57. The molecule has 0 amide bonds. The Morgan fingerprint density at radius 2 is 1.89 bits per heavy atom. The fourth-order valence-corrected chi connectivity index (χ4v) is 4.20. The van der Waals surface area contributed by atoms with E-state index in [0.717, 1.165) is 22.5 Å². The number of benzene rings is 2. The number of hydrogen-bond acceptors (Lipinski definition) is 4. The fraction of sp³-hybridized carbons (Fsp3) is 0.143. The molecule has 0 unspecified atom stereocenters. The quantitative estimate of drug-likeness (QED) is 0.390. The van der Waals surface area contributed by atoms with E-state index in [0.29, 0.717) is 20.7 Å². The summed E-state index contributed by atoms with van der Waals surface area (Å²) in [6, 6.07) is 17.5. The zero-order valence-corrected chi connectivity index (χ0v) is 17.8. The number of aryl methyl sites for hydroxylation is 1. The second-order valence-electron chi connectivity index (χ2n) is 6.15. The van der Waals surface area contributed by atoms with E-state index in [4.69, 9.17) is 28.6 Å². The predicted molar refractivity (Wildman–Crippen MR) is 121 cm³/mol. The van der Waals surface area contributed by atoms with Crippen molar-refractivity contribution < 1.29 is 9.53 Å². The van der Waals surface area contributed by atoms with Crippen LogP contribution in [0.25, 0.3) is 0 Å². The van der Waals surface area contributed by atoms with Crippen molar-refractivity contribution >= 4 is 56.9 Å². The Bertz CT molecular complexity index is 1000. The van der Waals surface area contributed by atoms with Crippen molar-refractivity contribution in [2.75, 3.05) is 17.7 Å². The van der Waals surface area contributed by atoms with Crippen LogP contribution in [-0.4, -0.2) is 18.2 Å². The summed E-state index contributed by atoms with van der Waals surface area (Å²) >= 11 is 13.0. The van der Waals surface area contributed by atoms with Crippen molar-refractivity contribution in [3.05, 3.63) is 81.2 Å². The van der Waals surface area contributed by atoms with Crippen molar-refractivity contribution in [2.24, 2.45) is 0 Å². The Morgan fingerprint density at radius 3 is 2.61 bits per heavy atom. The summed E-state index contributed by atoms with van der Waals surface area (Å²) in [5, 5.41) is 7.90. The van der Waals surface area contributed by atoms with Gasteiger partial charge < -0.3 is 15.4 Å². The molecule has 2 aromatic carbocycles. The van der Waals surface area contributed by atoms with Crippen LogP contribution in [0.2, 0.25) is 5.02 Å². The van der Waals surface area contributed by atoms with Gasteiger partial charge >= 0.3 is 5.97 Å². The van der Waals surface area contributed by atoms with Crippen molar-refractivity contribution in [3.8, 4) is 0 Å². The molecule has 0 aliphatic carbocycles. The lowest BCUT2D eigenvalue weighted by Crippen LogP contribution is -2.20. The van der Waals surface area contributed by atoms with Gasteiger partial charge in [0.1, 0.15) is 5.00 Å². The zero-order chi connectivity index (χ0) is 20.1. The summed E-state index contributed by atoms with van der Waals surface area (Å²) in [5.41, 5.74) is 3.45. The minimum atomic E-state index is -0.403. The molecular formula is C21H19ClN2O2S2. The van der Waals surface area contributed by atoms with Crippen LogP contribution >= 0.6 is 35.2 Å². The van der Waals surface area contributed by atoms with Gasteiger partial charge in [-0.3, -0.25) is 0 Å². The summed E-state index contributed by atoms with van der Waals surface area (Å²) in [5.74, 6) is -0.403. The Labute approximate surface area is 178 Å². The topological polar surface area (TPSA) is 50.4 Å². The number of carbonyl (C=O) groups excluding carboxylic acids is 1. The number of hydrogen-bond donors (Lipinski definition) is 2. The van der Waals surface area contributed by atoms with Crippen molar-refractivity contribution in [3.63, 3.8) is 0 Å². The minimum absolute atomic E-state index is 0.378. The number of methoxy groups -OCH3 is 1. The Kier molecular flexibility index (Phi) is 6.67. The molecule has 2 N–H and O–H groups in total. The molecule has 0 fully saturated rings. The first-order chi connectivity index (χ1) is 13.5. The highest BCUT2D eigenvalue weighted by atomic mass is 35.5. The summed E-state index contributed by atoms with van der Waals surface area (Å²) < 4.78 is 4.92. The minimum Gasteiger partial charge on any atom is -0.465 e. The second-order valence-corrected chi connectivity index (χ2v) is 8.13. The van der Waals surface area contributed by atoms with Crippen molar-refractivity contribution in [1.29, 1.82) is 0 Å². The molecular weight excluding hydrogens is 412 g/mol. The molecule has 0 aliphatic heterocycles. The molecule has 4 nitrogen and oxygen atoms in total.